The molecule has 2 fully saturated rings. The predicted octanol–water partition coefficient (Wildman–Crippen LogP) is 2.92. The maximum Gasteiger partial charge on any atom is 0.106 e. The van der Waals surface area contributed by atoms with Gasteiger partial charge in [0.05, 0.1) is 6.07 Å². The van der Waals surface area contributed by atoms with Crippen molar-refractivity contribution in [3.05, 3.63) is 0 Å². The third-order valence-corrected chi connectivity index (χ3v) is 5.40. The normalized spacial score (nSPS) is 33.3. The van der Waals surface area contributed by atoms with Gasteiger partial charge in [0, 0.05) is 12.6 Å². The van der Waals surface area contributed by atoms with Crippen LogP contribution < -0.4 is 5.32 Å². The molecule has 0 aromatic rings. The van der Waals surface area contributed by atoms with E-state index in [0.717, 1.165) is 31.6 Å². The summed E-state index contributed by atoms with van der Waals surface area (Å²) in [6.07, 6.45) is 11.5. The highest BCUT2D eigenvalue weighted by molar-refractivity contribution is 5.09. The summed E-state index contributed by atoms with van der Waals surface area (Å²) in [7, 11) is 4.22. The molecule has 0 aromatic carbocycles. The number of hydrogen-bond acceptors (Lipinski definition) is 3. The van der Waals surface area contributed by atoms with E-state index in [9.17, 15) is 5.26 Å². The fourth-order valence-electron chi connectivity index (χ4n) is 3.88. The van der Waals surface area contributed by atoms with Crippen LogP contribution in [-0.4, -0.2) is 37.1 Å². The quantitative estimate of drug-likeness (QED) is 0.847. The third-order valence-electron chi connectivity index (χ3n) is 5.40. The van der Waals surface area contributed by atoms with Crippen LogP contribution in [0.25, 0.3) is 0 Å². The molecule has 0 spiro atoms. The number of nitrogens with one attached hydrogen (secondary N) is 1. The Morgan fingerprint density at radius 3 is 2.32 bits per heavy atom. The van der Waals surface area contributed by atoms with Gasteiger partial charge in [-0.05, 0) is 58.5 Å². The van der Waals surface area contributed by atoms with Crippen LogP contribution in [0.1, 0.15) is 57.8 Å². The summed E-state index contributed by atoms with van der Waals surface area (Å²) in [6, 6.07) is 3.17. The van der Waals surface area contributed by atoms with Crippen molar-refractivity contribution in [3.63, 3.8) is 0 Å². The highest BCUT2D eigenvalue weighted by atomic mass is 15.1. The maximum absolute atomic E-state index is 9.30. The number of hydrogen-bond donors (Lipinski definition) is 1. The average molecular weight is 263 g/mol. The zero-order chi connectivity index (χ0) is 13.7. The number of nitrogens with zero attached hydrogens (tertiary/aromatic N) is 2. The van der Waals surface area contributed by atoms with Gasteiger partial charge in [-0.2, -0.15) is 5.26 Å². The van der Waals surface area contributed by atoms with Crippen molar-refractivity contribution in [1.29, 1.82) is 5.26 Å². The number of nitriles is 1. The lowest BCUT2D eigenvalue weighted by Crippen LogP contribution is -2.49. The summed E-state index contributed by atoms with van der Waals surface area (Å²) < 4.78 is 0. The standard InChI is InChI=1S/C16H29N3/c1-18-16(13-17)10-8-15(9-11-16)19(2)12-14-6-4-3-5-7-14/h14-15,18H,3-12H2,1-2H3. The first-order chi connectivity index (χ1) is 9.19. The Labute approximate surface area is 118 Å². The van der Waals surface area contributed by atoms with Crippen molar-refractivity contribution < 1.29 is 0 Å². The molecule has 0 unspecified atom stereocenters. The van der Waals surface area contributed by atoms with Crippen LogP contribution in [0.15, 0.2) is 0 Å². The first-order valence-electron chi connectivity index (χ1n) is 7.99. The van der Waals surface area contributed by atoms with E-state index in [1.54, 1.807) is 0 Å². The van der Waals surface area contributed by atoms with Crippen molar-refractivity contribution in [2.24, 2.45) is 5.92 Å². The van der Waals surface area contributed by atoms with Crippen molar-refractivity contribution in [2.45, 2.75) is 69.4 Å². The Hall–Kier alpha value is -0.590. The summed E-state index contributed by atoms with van der Waals surface area (Å²) in [5, 5.41) is 12.5. The second-order valence-corrected chi connectivity index (χ2v) is 6.62. The van der Waals surface area contributed by atoms with E-state index in [1.165, 1.54) is 38.6 Å². The van der Waals surface area contributed by atoms with Gasteiger partial charge in [0.15, 0.2) is 0 Å². The van der Waals surface area contributed by atoms with Gasteiger partial charge in [-0.25, -0.2) is 0 Å². The summed E-state index contributed by atoms with van der Waals surface area (Å²) in [4.78, 5) is 2.58. The Morgan fingerprint density at radius 1 is 1.16 bits per heavy atom. The van der Waals surface area contributed by atoms with E-state index in [-0.39, 0.29) is 5.54 Å². The molecule has 2 rings (SSSR count). The summed E-state index contributed by atoms with van der Waals surface area (Å²) >= 11 is 0. The van der Waals surface area contributed by atoms with Gasteiger partial charge in [0.1, 0.15) is 5.54 Å². The molecule has 2 aliphatic rings. The Morgan fingerprint density at radius 2 is 1.79 bits per heavy atom. The molecule has 19 heavy (non-hydrogen) atoms. The molecule has 0 radical (unpaired) electrons. The van der Waals surface area contributed by atoms with Crippen molar-refractivity contribution in [1.82, 2.24) is 10.2 Å². The molecule has 0 aromatic heterocycles. The smallest absolute Gasteiger partial charge is 0.106 e. The van der Waals surface area contributed by atoms with E-state index < -0.39 is 0 Å². The van der Waals surface area contributed by atoms with Crippen molar-refractivity contribution in [3.8, 4) is 6.07 Å². The van der Waals surface area contributed by atoms with E-state index in [2.05, 4.69) is 23.3 Å². The molecule has 0 bridgehead atoms. The van der Waals surface area contributed by atoms with Gasteiger partial charge >= 0.3 is 0 Å². The lowest BCUT2D eigenvalue weighted by Gasteiger charge is -2.40. The minimum absolute atomic E-state index is 0.248. The first kappa shape index (κ1) is 14.8. The second kappa shape index (κ2) is 6.72. The molecule has 2 aliphatic carbocycles. The van der Waals surface area contributed by atoms with Gasteiger partial charge in [-0.15, -0.1) is 0 Å². The Kier molecular flexibility index (Phi) is 5.24. The Bertz CT molecular complexity index is 306. The largest absolute Gasteiger partial charge is 0.303 e. The molecule has 108 valence electrons. The SMILES string of the molecule is CNC1(C#N)CCC(N(C)CC2CCCCC2)CC1. The van der Waals surface area contributed by atoms with Gasteiger partial charge < -0.3 is 10.2 Å². The van der Waals surface area contributed by atoms with Gasteiger partial charge in [0.2, 0.25) is 0 Å². The van der Waals surface area contributed by atoms with E-state index in [0.29, 0.717) is 6.04 Å². The predicted molar refractivity (Wildman–Crippen MR) is 78.9 cm³/mol. The summed E-state index contributed by atoms with van der Waals surface area (Å²) in [5.41, 5.74) is -0.248. The monoisotopic (exact) mass is 263 g/mol. The topological polar surface area (TPSA) is 39.1 Å². The molecular formula is C16H29N3. The molecule has 3 nitrogen and oxygen atoms in total. The third kappa shape index (κ3) is 3.70. The molecule has 0 amide bonds. The van der Waals surface area contributed by atoms with Crippen molar-refractivity contribution in [2.75, 3.05) is 20.6 Å². The van der Waals surface area contributed by atoms with E-state index >= 15 is 0 Å². The zero-order valence-corrected chi connectivity index (χ0v) is 12.6. The van der Waals surface area contributed by atoms with Gasteiger partial charge in [-0.1, -0.05) is 19.3 Å². The highest BCUT2D eigenvalue weighted by Gasteiger charge is 2.35. The maximum atomic E-state index is 9.30. The second-order valence-electron chi connectivity index (χ2n) is 6.62. The van der Waals surface area contributed by atoms with Crippen LogP contribution in [0.3, 0.4) is 0 Å². The highest BCUT2D eigenvalue weighted by Crippen LogP contribution is 2.31. The fourth-order valence-corrected chi connectivity index (χ4v) is 3.88. The molecule has 3 heteroatoms. The van der Waals surface area contributed by atoms with Crippen LogP contribution in [0.4, 0.5) is 0 Å². The van der Waals surface area contributed by atoms with Crippen LogP contribution in [0.5, 0.6) is 0 Å². The first-order valence-corrected chi connectivity index (χ1v) is 7.99. The lowest BCUT2D eigenvalue weighted by atomic mass is 9.79. The summed E-state index contributed by atoms with van der Waals surface area (Å²) in [6.45, 7) is 1.27. The molecule has 0 atom stereocenters. The van der Waals surface area contributed by atoms with E-state index in [1.807, 2.05) is 7.05 Å². The zero-order valence-electron chi connectivity index (χ0n) is 12.6. The minimum atomic E-state index is -0.248. The molecular weight excluding hydrogens is 234 g/mol. The van der Waals surface area contributed by atoms with Crippen LogP contribution >= 0.6 is 0 Å². The van der Waals surface area contributed by atoms with Gasteiger partial charge in [0.25, 0.3) is 0 Å². The average Bonchev–Trinajstić information content (AvgIpc) is 2.48. The van der Waals surface area contributed by atoms with Crippen molar-refractivity contribution >= 4 is 0 Å². The molecule has 0 aliphatic heterocycles. The number of rotatable bonds is 4. The Balaban J connectivity index is 1.78. The molecule has 0 saturated heterocycles. The molecule has 2 saturated carbocycles. The molecule has 0 heterocycles. The van der Waals surface area contributed by atoms with Crippen LogP contribution in [-0.2, 0) is 0 Å². The van der Waals surface area contributed by atoms with Crippen LogP contribution in [0.2, 0.25) is 0 Å². The van der Waals surface area contributed by atoms with E-state index in [4.69, 9.17) is 0 Å². The lowest BCUT2D eigenvalue weighted by molar-refractivity contribution is 0.129. The fraction of sp³-hybridized carbons (Fsp3) is 0.938. The summed E-state index contributed by atoms with van der Waals surface area (Å²) in [5.74, 6) is 0.922. The van der Waals surface area contributed by atoms with Gasteiger partial charge in [-0.3, -0.25) is 0 Å². The minimum Gasteiger partial charge on any atom is -0.303 e. The molecule has 1 N–H and O–H groups in total. The van der Waals surface area contributed by atoms with Crippen LogP contribution in [0, 0.1) is 17.2 Å².